The van der Waals surface area contributed by atoms with Crippen LogP contribution in [0.25, 0.3) is 0 Å². The van der Waals surface area contributed by atoms with Gasteiger partial charge in [-0.05, 0) is 55.4 Å². The molecule has 33 heavy (non-hydrogen) atoms. The van der Waals surface area contributed by atoms with Crippen LogP contribution in [0.15, 0.2) is 12.2 Å². The molecule has 0 spiro atoms. The van der Waals surface area contributed by atoms with Crippen molar-refractivity contribution in [1.29, 1.82) is 0 Å². The minimum Gasteiger partial charge on any atom is -0.229 e. The van der Waals surface area contributed by atoms with E-state index in [0.717, 1.165) is 6.92 Å². The van der Waals surface area contributed by atoms with E-state index in [4.69, 9.17) is 0 Å². The molecule has 1 rings (SSSR count). The first-order valence-electron chi connectivity index (χ1n) is 10.0. The van der Waals surface area contributed by atoms with E-state index in [9.17, 15) is 57.1 Å². The van der Waals surface area contributed by atoms with Crippen LogP contribution < -0.4 is 0 Å². The molecular weight excluding hydrogens is 487 g/mol. The average Bonchev–Trinajstić information content (AvgIpc) is 2.55. The molecule has 1 aliphatic rings. The minimum absolute atomic E-state index is 0.614. The standard InChI is InChI=1S/C20H25F13/c1-5-16(21,20(31,32)33)10(2)6-11-7-12(14(17(22,23)24)18(25,26)27)9-13(8-11)15(3,4)19(28,29)30/h11-14H,2,5-9H2,1,3-4H3. The molecule has 4 atom stereocenters. The fourth-order valence-corrected chi connectivity index (χ4v) is 4.63. The third-order valence-electron chi connectivity index (χ3n) is 6.80. The Kier molecular flexibility index (Phi) is 8.26. The first kappa shape index (κ1) is 29.9. The number of rotatable bonds is 6. The van der Waals surface area contributed by atoms with Gasteiger partial charge in [-0.3, -0.25) is 0 Å². The number of allylic oxidation sites excluding steroid dienone is 1. The van der Waals surface area contributed by atoms with Gasteiger partial charge >= 0.3 is 24.7 Å². The maximum atomic E-state index is 14.6. The van der Waals surface area contributed by atoms with Gasteiger partial charge in [0.25, 0.3) is 0 Å². The Hall–Kier alpha value is -1.17. The summed E-state index contributed by atoms with van der Waals surface area (Å²) in [6.07, 6.45) is -27.0. The van der Waals surface area contributed by atoms with Gasteiger partial charge in [-0.15, -0.1) is 0 Å². The molecule has 0 aromatic rings. The highest BCUT2D eigenvalue weighted by Crippen LogP contribution is 2.57. The number of halogens is 13. The van der Waals surface area contributed by atoms with E-state index in [1.807, 2.05) is 0 Å². The van der Waals surface area contributed by atoms with Crippen molar-refractivity contribution in [2.45, 2.75) is 83.2 Å². The molecule has 0 aromatic carbocycles. The molecule has 1 saturated carbocycles. The van der Waals surface area contributed by atoms with Gasteiger partial charge in [0.2, 0.25) is 5.67 Å². The van der Waals surface area contributed by atoms with Gasteiger partial charge in [0, 0.05) is 0 Å². The summed E-state index contributed by atoms with van der Waals surface area (Å²) in [4.78, 5) is 0. The highest BCUT2D eigenvalue weighted by molar-refractivity contribution is 5.17. The van der Waals surface area contributed by atoms with E-state index in [1.165, 1.54) is 0 Å². The van der Waals surface area contributed by atoms with Crippen molar-refractivity contribution < 1.29 is 57.1 Å². The van der Waals surface area contributed by atoms with Gasteiger partial charge in [0.1, 0.15) is 0 Å². The Morgan fingerprint density at radius 1 is 0.758 bits per heavy atom. The Bertz CT molecular complexity index is 666. The van der Waals surface area contributed by atoms with E-state index < -0.39 is 97.1 Å². The molecule has 0 amide bonds. The zero-order chi connectivity index (χ0) is 26.4. The molecule has 0 saturated heterocycles. The van der Waals surface area contributed by atoms with Crippen molar-refractivity contribution in [2.24, 2.45) is 29.1 Å². The molecular formula is C20H25F13. The maximum Gasteiger partial charge on any atom is 0.426 e. The molecule has 0 heterocycles. The largest absolute Gasteiger partial charge is 0.426 e. The van der Waals surface area contributed by atoms with Gasteiger partial charge in [-0.25, -0.2) is 4.39 Å². The number of hydrogen-bond acceptors (Lipinski definition) is 0. The van der Waals surface area contributed by atoms with Crippen LogP contribution in [0, 0.1) is 29.1 Å². The monoisotopic (exact) mass is 512 g/mol. The third kappa shape index (κ3) is 6.29. The Balaban J connectivity index is 3.43. The summed E-state index contributed by atoms with van der Waals surface area (Å²) in [7, 11) is 0. The van der Waals surface area contributed by atoms with E-state index in [-0.39, 0.29) is 0 Å². The van der Waals surface area contributed by atoms with Crippen LogP contribution in [0.3, 0.4) is 0 Å². The molecule has 0 radical (unpaired) electrons. The van der Waals surface area contributed by atoms with Gasteiger partial charge in [0.15, 0.2) is 5.92 Å². The van der Waals surface area contributed by atoms with E-state index in [0.29, 0.717) is 13.8 Å². The zero-order valence-corrected chi connectivity index (χ0v) is 18.0. The average molecular weight is 512 g/mol. The van der Waals surface area contributed by atoms with Gasteiger partial charge < -0.3 is 0 Å². The van der Waals surface area contributed by atoms with Crippen LogP contribution in [0.5, 0.6) is 0 Å². The van der Waals surface area contributed by atoms with Crippen LogP contribution in [0.4, 0.5) is 57.1 Å². The lowest BCUT2D eigenvalue weighted by Gasteiger charge is -2.46. The first-order chi connectivity index (χ1) is 14.4. The van der Waals surface area contributed by atoms with Crippen LogP contribution in [-0.4, -0.2) is 30.4 Å². The van der Waals surface area contributed by atoms with Crippen molar-refractivity contribution >= 4 is 0 Å². The number of alkyl halides is 13. The van der Waals surface area contributed by atoms with Gasteiger partial charge in [0.05, 0.1) is 5.41 Å². The lowest BCUT2D eigenvalue weighted by Crippen LogP contribution is -2.49. The summed E-state index contributed by atoms with van der Waals surface area (Å²) in [6.45, 7) is 5.05. The van der Waals surface area contributed by atoms with Crippen LogP contribution >= 0.6 is 0 Å². The second kappa shape index (κ2) is 9.13. The summed E-state index contributed by atoms with van der Waals surface area (Å²) < 4.78 is 174. The maximum absolute atomic E-state index is 14.6. The molecule has 0 aliphatic heterocycles. The minimum atomic E-state index is -5.84. The molecule has 196 valence electrons. The Labute approximate surface area is 182 Å². The lowest BCUT2D eigenvalue weighted by molar-refractivity contribution is -0.306. The fourth-order valence-electron chi connectivity index (χ4n) is 4.63. The predicted molar refractivity (Wildman–Crippen MR) is 93.7 cm³/mol. The first-order valence-corrected chi connectivity index (χ1v) is 10.0. The lowest BCUT2D eigenvalue weighted by atomic mass is 9.61. The quantitative estimate of drug-likeness (QED) is 0.246. The second-order valence-corrected chi connectivity index (χ2v) is 9.27. The van der Waals surface area contributed by atoms with Gasteiger partial charge in [-0.1, -0.05) is 27.4 Å². The Morgan fingerprint density at radius 2 is 1.21 bits per heavy atom. The SMILES string of the molecule is C=C(CC1CC(C(C(F)(F)F)C(F)(F)F)CC(C(C)(C)C(F)(F)F)C1)C(F)(CC)C(F)(F)F. The number of hydrogen-bond donors (Lipinski definition) is 0. The molecule has 1 fully saturated rings. The third-order valence-corrected chi connectivity index (χ3v) is 6.80. The van der Waals surface area contributed by atoms with Crippen molar-refractivity contribution in [3.8, 4) is 0 Å². The van der Waals surface area contributed by atoms with Crippen molar-refractivity contribution in [3.05, 3.63) is 12.2 Å². The summed E-state index contributed by atoms with van der Waals surface area (Å²) in [5.41, 5.74) is -7.83. The summed E-state index contributed by atoms with van der Waals surface area (Å²) in [5.74, 6) is -9.58. The second-order valence-electron chi connectivity index (χ2n) is 9.27. The van der Waals surface area contributed by atoms with Crippen molar-refractivity contribution in [2.75, 3.05) is 0 Å². The smallest absolute Gasteiger partial charge is 0.229 e. The Morgan fingerprint density at radius 3 is 1.55 bits per heavy atom. The summed E-state index contributed by atoms with van der Waals surface area (Å²) in [5, 5.41) is 0. The van der Waals surface area contributed by atoms with E-state index in [1.54, 1.807) is 0 Å². The highest BCUT2D eigenvalue weighted by atomic mass is 19.4. The molecule has 13 heteroatoms. The van der Waals surface area contributed by atoms with Crippen LogP contribution in [-0.2, 0) is 0 Å². The summed E-state index contributed by atoms with van der Waals surface area (Å²) in [6, 6.07) is 0. The summed E-state index contributed by atoms with van der Waals surface area (Å²) >= 11 is 0. The zero-order valence-electron chi connectivity index (χ0n) is 18.0. The molecule has 0 bridgehead atoms. The predicted octanol–water partition coefficient (Wildman–Crippen LogP) is 8.98. The topological polar surface area (TPSA) is 0 Å². The van der Waals surface area contributed by atoms with Crippen LogP contribution in [0.1, 0.15) is 52.9 Å². The van der Waals surface area contributed by atoms with Crippen molar-refractivity contribution in [3.63, 3.8) is 0 Å². The van der Waals surface area contributed by atoms with Gasteiger partial charge in [-0.2, -0.15) is 52.7 Å². The molecule has 0 nitrogen and oxygen atoms in total. The normalized spacial score (nSPS) is 25.8. The molecule has 0 aromatic heterocycles. The molecule has 0 N–H and O–H groups in total. The van der Waals surface area contributed by atoms with E-state index in [2.05, 4.69) is 6.58 Å². The molecule has 1 aliphatic carbocycles. The molecule has 4 unspecified atom stereocenters. The fraction of sp³-hybridized carbons (Fsp3) is 0.900. The van der Waals surface area contributed by atoms with Crippen molar-refractivity contribution in [1.82, 2.24) is 0 Å². The highest BCUT2D eigenvalue weighted by Gasteiger charge is 2.63. The van der Waals surface area contributed by atoms with E-state index >= 15 is 0 Å². The van der Waals surface area contributed by atoms with Crippen LogP contribution in [0.2, 0.25) is 0 Å².